The zero-order valence-electron chi connectivity index (χ0n) is 9.31. The second kappa shape index (κ2) is 5.62. The first-order valence-corrected chi connectivity index (χ1v) is 6.76. The number of aliphatic hydroxyl groups excluding tert-OH is 1. The lowest BCUT2D eigenvalue weighted by Gasteiger charge is -2.04. The highest BCUT2D eigenvalue weighted by Crippen LogP contribution is 2.36. The van der Waals surface area contributed by atoms with Gasteiger partial charge in [0.25, 0.3) is 0 Å². The van der Waals surface area contributed by atoms with Gasteiger partial charge in [0.2, 0.25) is 0 Å². The number of thiazole rings is 1. The van der Waals surface area contributed by atoms with E-state index in [1.165, 1.54) is 0 Å². The summed E-state index contributed by atoms with van der Waals surface area (Å²) in [7, 11) is 1.65. The highest BCUT2D eigenvalue weighted by Gasteiger charge is 2.13. The SMILES string of the molecule is COc1ccccc1-c1nc(Br)c(CCO)s1. The first kappa shape index (κ1) is 12.5. The molecule has 90 valence electrons. The molecule has 0 bridgehead atoms. The topological polar surface area (TPSA) is 42.4 Å². The number of ether oxygens (including phenoxy) is 1. The molecule has 0 saturated carbocycles. The van der Waals surface area contributed by atoms with Crippen LogP contribution in [-0.2, 0) is 6.42 Å². The Morgan fingerprint density at radius 1 is 1.41 bits per heavy atom. The van der Waals surface area contributed by atoms with Crippen LogP contribution >= 0.6 is 27.3 Å². The Labute approximate surface area is 112 Å². The van der Waals surface area contributed by atoms with Gasteiger partial charge in [-0.3, -0.25) is 0 Å². The molecule has 1 aromatic heterocycles. The van der Waals surface area contributed by atoms with E-state index < -0.39 is 0 Å². The molecule has 0 fully saturated rings. The van der Waals surface area contributed by atoms with Gasteiger partial charge in [-0.2, -0.15) is 0 Å². The van der Waals surface area contributed by atoms with E-state index in [1.807, 2.05) is 24.3 Å². The van der Waals surface area contributed by atoms with Gasteiger partial charge in [-0.05, 0) is 28.1 Å². The molecule has 1 aromatic carbocycles. The molecule has 0 unspecified atom stereocenters. The van der Waals surface area contributed by atoms with E-state index in [1.54, 1.807) is 18.4 Å². The largest absolute Gasteiger partial charge is 0.496 e. The molecule has 1 N–H and O–H groups in total. The zero-order chi connectivity index (χ0) is 12.3. The van der Waals surface area contributed by atoms with E-state index >= 15 is 0 Å². The first-order valence-electron chi connectivity index (χ1n) is 5.15. The van der Waals surface area contributed by atoms with Crippen LogP contribution in [0.15, 0.2) is 28.9 Å². The van der Waals surface area contributed by atoms with Gasteiger partial charge in [-0.1, -0.05) is 12.1 Å². The maximum absolute atomic E-state index is 8.96. The van der Waals surface area contributed by atoms with Gasteiger partial charge in [0.1, 0.15) is 15.4 Å². The van der Waals surface area contributed by atoms with Crippen molar-refractivity contribution >= 4 is 27.3 Å². The number of hydrogen-bond donors (Lipinski definition) is 1. The van der Waals surface area contributed by atoms with Gasteiger partial charge in [0.05, 0.1) is 12.7 Å². The number of aromatic nitrogens is 1. The number of hydrogen-bond acceptors (Lipinski definition) is 4. The maximum Gasteiger partial charge on any atom is 0.129 e. The fourth-order valence-electron chi connectivity index (χ4n) is 1.53. The summed E-state index contributed by atoms with van der Waals surface area (Å²) in [5.74, 6) is 0.810. The molecular formula is C12H12BrNO2S. The Hall–Kier alpha value is -0.910. The van der Waals surface area contributed by atoms with E-state index in [0.717, 1.165) is 25.8 Å². The minimum Gasteiger partial charge on any atom is -0.496 e. The quantitative estimate of drug-likeness (QED) is 0.943. The third-order valence-electron chi connectivity index (χ3n) is 2.33. The summed E-state index contributed by atoms with van der Waals surface area (Å²) in [6, 6.07) is 7.78. The van der Waals surface area contributed by atoms with Crippen LogP contribution in [0.2, 0.25) is 0 Å². The lowest BCUT2D eigenvalue weighted by atomic mass is 10.2. The Kier molecular flexibility index (Phi) is 4.15. The van der Waals surface area contributed by atoms with Crippen molar-refractivity contribution in [2.24, 2.45) is 0 Å². The van der Waals surface area contributed by atoms with Crippen LogP contribution < -0.4 is 4.74 Å². The Bertz CT molecular complexity index is 513. The fraction of sp³-hybridized carbons (Fsp3) is 0.250. The summed E-state index contributed by atoms with van der Waals surface area (Å²) in [4.78, 5) is 5.50. The molecule has 5 heteroatoms. The molecule has 0 aliphatic carbocycles. The van der Waals surface area contributed by atoms with Crippen LogP contribution in [0, 0.1) is 0 Å². The van der Waals surface area contributed by atoms with Gasteiger partial charge in [0, 0.05) is 17.9 Å². The minimum absolute atomic E-state index is 0.131. The molecule has 0 amide bonds. The number of rotatable bonds is 4. The third-order valence-corrected chi connectivity index (χ3v) is 4.39. The van der Waals surface area contributed by atoms with E-state index in [-0.39, 0.29) is 6.61 Å². The molecule has 2 rings (SSSR count). The van der Waals surface area contributed by atoms with Crippen LogP contribution in [-0.4, -0.2) is 23.8 Å². The van der Waals surface area contributed by atoms with E-state index in [9.17, 15) is 0 Å². The van der Waals surface area contributed by atoms with Crippen molar-refractivity contribution in [1.29, 1.82) is 0 Å². The molecular weight excluding hydrogens is 302 g/mol. The van der Waals surface area contributed by atoms with Crippen molar-refractivity contribution < 1.29 is 9.84 Å². The van der Waals surface area contributed by atoms with Gasteiger partial charge in [-0.15, -0.1) is 11.3 Å². The molecule has 0 aliphatic heterocycles. The first-order chi connectivity index (χ1) is 8.26. The number of halogens is 1. The normalized spacial score (nSPS) is 10.5. The number of para-hydroxylation sites is 1. The molecule has 3 nitrogen and oxygen atoms in total. The maximum atomic E-state index is 8.96. The van der Waals surface area contributed by atoms with Crippen molar-refractivity contribution in [3.8, 4) is 16.3 Å². The van der Waals surface area contributed by atoms with Gasteiger partial charge in [0.15, 0.2) is 0 Å². The number of nitrogens with zero attached hydrogens (tertiary/aromatic N) is 1. The zero-order valence-corrected chi connectivity index (χ0v) is 11.7. The van der Waals surface area contributed by atoms with Crippen molar-refractivity contribution in [3.05, 3.63) is 33.7 Å². The van der Waals surface area contributed by atoms with E-state index in [2.05, 4.69) is 20.9 Å². The Balaban J connectivity index is 2.42. The average molecular weight is 314 g/mol. The third kappa shape index (κ3) is 2.68. The summed E-state index contributed by atoms with van der Waals surface area (Å²) in [5, 5.41) is 9.86. The van der Waals surface area contributed by atoms with Crippen LogP contribution in [0.25, 0.3) is 10.6 Å². The van der Waals surface area contributed by atoms with Crippen LogP contribution in [0.1, 0.15) is 4.88 Å². The summed E-state index contributed by atoms with van der Waals surface area (Å²) < 4.78 is 6.11. The second-order valence-corrected chi connectivity index (χ2v) is 5.24. The van der Waals surface area contributed by atoms with Gasteiger partial charge >= 0.3 is 0 Å². The fourth-order valence-corrected chi connectivity index (χ4v) is 3.23. The lowest BCUT2D eigenvalue weighted by Crippen LogP contribution is -1.86. The summed E-state index contributed by atoms with van der Waals surface area (Å²) >= 11 is 4.98. The smallest absolute Gasteiger partial charge is 0.129 e. The van der Waals surface area contributed by atoms with Gasteiger partial charge < -0.3 is 9.84 Å². The molecule has 0 aliphatic rings. The highest BCUT2D eigenvalue weighted by atomic mass is 79.9. The molecule has 0 radical (unpaired) electrons. The van der Waals surface area contributed by atoms with Crippen LogP contribution in [0.4, 0.5) is 0 Å². The lowest BCUT2D eigenvalue weighted by molar-refractivity contribution is 0.300. The predicted molar refractivity (Wildman–Crippen MR) is 72.6 cm³/mol. The van der Waals surface area contributed by atoms with E-state index in [4.69, 9.17) is 9.84 Å². The molecule has 1 heterocycles. The van der Waals surface area contributed by atoms with E-state index in [0.29, 0.717) is 6.42 Å². The molecule has 2 aromatic rings. The molecule has 0 atom stereocenters. The van der Waals surface area contributed by atoms with Crippen molar-refractivity contribution in [2.45, 2.75) is 6.42 Å². The summed E-state index contributed by atoms with van der Waals surface area (Å²) in [6.07, 6.45) is 0.618. The number of aliphatic hydroxyl groups is 1. The summed E-state index contributed by atoms with van der Waals surface area (Å²) in [6.45, 7) is 0.131. The van der Waals surface area contributed by atoms with Gasteiger partial charge in [-0.25, -0.2) is 4.98 Å². The van der Waals surface area contributed by atoms with Crippen molar-refractivity contribution in [1.82, 2.24) is 4.98 Å². The second-order valence-electron chi connectivity index (χ2n) is 3.41. The van der Waals surface area contributed by atoms with Crippen molar-refractivity contribution in [3.63, 3.8) is 0 Å². The molecule has 0 spiro atoms. The van der Waals surface area contributed by atoms with Crippen LogP contribution in [0.3, 0.4) is 0 Å². The Morgan fingerprint density at radius 3 is 2.88 bits per heavy atom. The average Bonchev–Trinajstić information content (AvgIpc) is 2.71. The minimum atomic E-state index is 0.131. The summed E-state index contributed by atoms with van der Waals surface area (Å²) in [5.41, 5.74) is 0.977. The standard InChI is InChI=1S/C12H12BrNO2S/c1-16-9-5-3-2-4-8(9)12-14-11(13)10(17-12)6-7-15/h2-5,15H,6-7H2,1H3. The highest BCUT2D eigenvalue weighted by molar-refractivity contribution is 9.10. The molecule has 17 heavy (non-hydrogen) atoms. The number of methoxy groups -OCH3 is 1. The molecule has 0 saturated heterocycles. The predicted octanol–water partition coefficient (Wildman–Crippen LogP) is 3.12. The monoisotopic (exact) mass is 313 g/mol. The Morgan fingerprint density at radius 2 is 2.18 bits per heavy atom. The van der Waals surface area contributed by atoms with Crippen LogP contribution in [0.5, 0.6) is 5.75 Å². The van der Waals surface area contributed by atoms with Crippen molar-refractivity contribution in [2.75, 3.05) is 13.7 Å². The number of benzene rings is 1.